The largest absolute Gasteiger partial charge is 0.505 e. The molecule has 3 nitrogen and oxygen atoms in total. The minimum Gasteiger partial charge on any atom is -0.505 e. The van der Waals surface area contributed by atoms with Gasteiger partial charge in [0.15, 0.2) is 0 Å². The molecular formula is C12H10N2O. The van der Waals surface area contributed by atoms with E-state index in [1.54, 1.807) is 6.07 Å². The zero-order valence-corrected chi connectivity index (χ0v) is 7.99. The molecule has 4 N–H and O–H groups in total. The summed E-state index contributed by atoms with van der Waals surface area (Å²) in [4.78, 5) is 3.23. The van der Waals surface area contributed by atoms with Gasteiger partial charge in [0.25, 0.3) is 0 Å². The normalized spacial score (nSPS) is 11.2. The van der Waals surface area contributed by atoms with E-state index in [2.05, 4.69) is 4.98 Å². The Morgan fingerprint density at radius 2 is 1.80 bits per heavy atom. The van der Waals surface area contributed by atoms with Gasteiger partial charge in [0.1, 0.15) is 5.75 Å². The molecule has 0 aliphatic carbocycles. The van der Waals surface area contributed by atoms with Crippen LogP contribution in [-0.2, 0) is 0 Å². The van der Waals surface area contributed by atoms with Gasteiger partial charge in [0.05, 0.1) is 16.6 Å². The van der Waals surface area contributed by atoms with Crippen LogP contribution in [0.2, 0.25) is 0 Å². The number of hydrogen-bond donors (Lipinski definition) is 3. The average molecular weight is 198 g/mol. The highest BCUT2D eigenvalue weighted by molar-refractivity contribution is 6.11. The number of hydrogen-bond acceptors (Lipinski definition) is 2. The Morgan fingerprint density at radius 1 is 1.00 bits per heavy atom. The van der Waals surface area contributed by atoms with Gasteiger partial charge in [0, 0.05) is 10.9 Å². The van der Waals surface area contributed by atoms with Crippen LogP contribution in [0.1, 0.15) is 0 Å². The van der Waals surface area contributed by atoms with Crippen LogP contribution in [0.5, 0.6) is 5.75 Å². The quantitative estimate of drug-likeness (QED) is 0.384. The number of anilines is 1. The smallest absolute Gasteiger partial charge is 0.148 e. The average Bonchev–Trinajstić information content (AvgIpc) is 2.62. The zero-order valence-electron chi connectivity index (χ0n) is 7.99. The van der Waals surface area contributed by atoms with E-state index in [0.29, 0.717) is 5.69 Å². The molecule has 2 aromatic carbocycles. The Kier molecular flexibility index (Phi) is 1.45. The number of rotatable bonds is 0. The van der Waals surface area contributed by atoms with Gasteiger partial charge in [-0.2, -0.15) is 0 Å². The van der Waals surface area contributed by atoms with E-state index in [1.807, 2.05) is 30.3 Å². The molecule has 0 saturated carbocycles. The second-order valence-corrected chi connectivity index (χ2v) is 3.60. The third kappa shape index (κ3) is 1.00. The van der Waals surface area contributed by atoms with Crippen molar-refractivity contribution < 1.29 is 5.11 Å². The van der Waals surface area contributed by atoms with Gasteiger partial charge in [-0.25, -0.2) is 0 Å². The van der Waals surface area contributed by atoms with E-state index in [-0.39, 0.29) is 5.75 Å². The first kappa shape index (κ1) is 8.17. The zero-order chi connectivity index (χ0) is 10.4. The summed E-state index contributed by atoms with van der Waals surface area (Å²) in [5.41, 5.74) is 7.99. The molecule has 0 atom stereocenters. The number of para-hydroxylation sites is 1. The second-order valence-electron chi connectivity index (χ2n) is 3.60. The summed E-state index contributed by atoms with van der Waals surface area (Å²) >= 11 is 0. The molecule has 0 saturated heterocycles. The predicted octanol–water partition coefficient (Wildman–Crippen LogP) is 2.61. The third-order valence-electron chi connectivity index (χ3n) is 2.67. The number of H-pyrrole nitrogens is 1. The Balaban J connectivity index is 2.63. The first-order valence-corrected chi connectivity index (χ1v) is 4.75. The van der Waals surface area contributed by atoms with Crippen molar-refractivity contribution in [3.05, 3.63) is 36.4 Å². The number of nitrogens with two attached hydrogens (primary N) is 1. The van der Waals surface area contributed by atoms with Gasteiger partial charge in [-0.05, 0) is 18.2 Å². The molecule has 1 heterocycles. The van der Waals surface area contributed by atoms with Crippen LogP contribution >= 0.6 is 0 Å². The molecule has 0 fully saturated rings. The Bertz CT molecular complexity index is 655. The van der Waals surface area contributed by atoms with E-state index >= 15 is 0 Å². The maximum Gasteiger partial charge on any atom is 0.148 e. The molecule has 0 radical (unpaired) electrons. The molecule has 0 bridgehead atoms. The van der Waals surface area contributed by atoms with Crippen molar-refractivity contribution in [3.63, 3.8) is 0 Å². The van der Waals surface area contributed by atoms with Crippen molar-refractivity contribution in [2.45, 2.75) is 0 Å². The summed E-state index contributed by atoms with van der Waals surface area (Å²) in [7, 11) is 0. The monoisotopic (exact) mass is 198 g/mol. The molecule has 1 aromatic heterocycles. The number of nitrogen functional groups attached to an aromatic ring is 1. The highest BCUT2D eigenvalue weighted by Crippen LogP contribution is 2.35. The van der Waals surface area contributed by atoms with Crippen LogP contribution < -0.4 is 5.73 Å². The molecule has 15 heavy (non-hydrogen) atoms. The minimum absolute atomic E-state index is 0.157. The van der Waals surface area contributed by atoms with Crippen LogP contribution in [0.15, 0.2) is 36.4 Å². The van der Waals surface area contributed by atoms with Crippen molar-refractivity contribution in [1.29, 1.82) is 0 Å². The Labute approximate surface area is 86.1 Å². The summed E-state index contributed by atoms with van der Waals surface area (Å²) < 4.78 is 0. The Hall–Kier alpha value is -2.16. The number of phenolic OH excluding ortho intramolecular Hbond substituents is 1. The summed E-state index contributed by atoms with van der Waals surface area (Å²) in [6, 6.07) is 11.4. The first-order chi connectivity index (χ1) is 7.27. The first-order valence-electron chi connectivity index (χ1n) is 4.75. The molecule has 0 spiro atoms. The van der Waals surface area contributed by atoms with Gasteiger partial charge >= 0.3 is 0 Å². The Morgan fingerprint density at radius 3 is 2.67 bits per heavy atom. The molecular weight excluding hydrogens is 188 g/mol. The lowest BCUT2D eigenvalue weighted by Gasteiger charge is -1.99. The van der Waals surface area contributed by atoms with Crippen LogP contribution in [-0.4, -0.2) is 10.1 Å². The van der Waals surface area contributed by atoms with Crippen LogP contribution in [0.25, 0.3) is 21.8 Å². The van der Waals surface area contributed by atoms with E-state index in [9.17, 15) is 5.11 Å². The van der Waals surface area contributed by atoms with E-state index in [0.717, 1.165) is 21.8 Å². The van der Waals surface area contributed by atoms with E-state index < -0.39 is 0 Å². The lowest BCUT2D eigenvalue weighted by Crippen LogP contribution is -1.84. The standard InChI is InChI=1S/C12H10N2O/c13-8-5-6-10-11(12(8)15)7-3-1-2-4-9(7)14-10/h1-6,14-15H,13H2. The summed E-state index contributed by atoms with van der Waals surface area (Å²) in [5, 5.41) is 11.7. The molecule has 74 valence electrons. The van der Waals surface area contributed by atoms with E-state index in [1.165, 1.54) is 0 Å². The number of benzene rings is 2. The van der Waals surface area contributed by atoms with Crippen molar-refractivity contribution in [3.8, 4) is 5.75 Å². The number of fused-ring (bicyclic) bond motifs is 3. The van der Waals surface area contributed by atoms with Crippen molar-refractivity contribution in [2.75, 3.05) is 5.73 Å². The molecule has 3 aromatic rings. The van der Waals surface area contributed by atoms with Crippen molar-refractivity contribution in [1.82, 2.24) is 4.98 Å². The fourth-order valence-corrected chi connectivity index (χ4v) is 1.94. The summed E-state index contributed by atoms with van der Waals surface area (Å²) in [6.45, 7) is 0. The summed E-state index contributed by atoms with van der Waals surface area (Å²) in [5.74, 6) is 0.157. The van der Waals surface area contributed by atoms with Gasteiger partial charge in [-0.15, -0.1) is 0 Å². The van der Waals surface area contributed by atoms with Gasteiger partial charge < -0.3 is 15.8 Å². The topological polar surface area (TPSA) is 62.0 Å². The fourth-order valence-electron chi connectivity index (χ4n) is 1.94. The molecule has 3 rings (SSSR count). The number of aromatic nitrogens is 1. The van der Waals surface area contributed by atoms with Gasteiger partial charge in [-0.1, -0.05) is 18.2 Å². The van der Waals surface area contributed by atoms with Crippen LogP contribution in [0, 0.1) is 0 Å². The van der Waals surface area contributed by atoms with Gasteiger partial charge in [0.2, 0.25) is 0 Å². The molecule has 3 heteroatoms. The van der Waals surface area contributed by atoms with Crippen LogP contribution in [0.4, 0.5) is 5.69 Å². The van der Waals surface area contributed by atoms with E-state index in [4.69, 9.17) is 5.73 Å². The number of nitrogens with one attached hydrogen (secondary N) is 1. The lowest BCUT2D eigenvalue weighted by molar-refractivity contribution is 0.484. The number of phenols is 1. The van der Waals surface area contributed by atoms with Gasteiger partial charge in [-0.3, -0.25) is 0 Å². The maximum atomic E-state index is 9.90. The molecule has 0 aliphatic rings. The van der Waals surface area contributed by atoms with Crippen molar-refractivity contribution in [2.24, 2.45) is 0 Å². The molecule has 0 unspecified atom stereocenters. The van der Waals surface area contributed by atoms with Crippen LogP contribution in [0.3, 0.4) is 0 Å². The lowest BCUT2D eigenvalue weighted by atomic mass is 10.1. The predicted molar refractivity (Wildman–Crippen MR) is 61.9 cm³/mol. The highest BCUT2D eigenvalue weighted by atomic mass is 16.3. The number of aromatic amines is 1. The fraction of sp³-hybridized carbons (Fsp3) is 0. The minimum atomic E-state index is 0.157. The summed E-state index contributed by atoms with van der Waals surface area (Å²) in [6.07, 6.45) is 0. The maximum absolute atomic E-state index is 9.90. The second kappa shape index (κ2) is 2.67. The number of aromatic hydroxyl groups is 1. The third-order valence-corrected chi connectivity index (χ3v) is 2.67. The van der Waals surface area contributed by atoms with Crippen molar-refractivity contribution >= 4 is 27.5 Å². The highest BCUT2D eigenvalue weighted by Gasteiger charge is 2.09. The SMILES string of the molecule is Nc1ccc2[nH]c3ccccc3c2c1O. The molecule has 0 aliphatic heterocycles. The molecule has 0 amide bonds.